The Labute approximate surface area is 115 Å². The molecule has 1 aromatic carbocycles. The summed E-state index contributed by atoms with van der Waals surface area (Å²) in [7, 11) is -3.59. The number of hydrogen-bond acceptors (Lipinski definition) is 4. The van der Waals surface area contributed by atoms with Crippen LogP contribution >= 0.6 is 11.3 Å². The van der Waals surface area contributed by atoms with Gasteiger partial charge in [-0.15, -0.1) is 11.3 Å². The molecule has 2 rings (SSSR count). The van der Waals surface area contributed by atoms with Crippen molar-refractivity contribution in [1.82, 2.24) is 0 Å². The van der Waals surface area contributed by atoms with Crippen molar-refractivity contribution in [2.24, 2.45) is 5.73 Å². The first kappa shape index (κ1) is 14.2. The highest BCUT2D eigenvalue weighted by Gasteiger charge is 2.29. The predicted molar refractivity (Wildman–Crippen MR) is 74.4 cm³/mol. The Morgan fingerprint density at radius 3 is 2.63 bits per heavy atom. The fourth-order valence-electron chi connectivity index (χ4n) is 1.83. The number of aryl methyl sites for hydroxylation is 1. The summed E-state index contributed by atoms with van der Waals surface area (Å²) in [6.45, 7) is 1.54. The van der Waals surface area contributed by atoms with E-state index in [1.807, 2.05) is 5.38 Å². The highest BCUT2D eigenvalue weighted by atomic mass is 32.2. The molecule has 0 fully saturated rings. The van der Waals surface area contributed by atoms with E-state index in [0.717, 1.165) is 0 Å². The summed E-state index contributed by atoms with van der Waals surface area (Å²) in [5, 5.41) is 1.03. The molecule has 19 heavy (non-hydrogen) atoms. The smallest absolute Gasteiger partial charge is 0.187 e. The average Bonchev–Trinajstić information content (AvgIpc) is 2.86. The van der Waals surface area contributed by atoms with Crippen molar-refractivity contribution in [3.63, 3.8) is 0 Å². The maximum atomic E-state index is 13.2. The van der Waals surface area contributed by atoms with Crippen LogP contribution in [0.3, 0.4) is 0 Å². The van der Waals surface area contributed by atoms with E-state index in [-0.39, 0.29) is 11.4 Å². The summed E-state index contributed by atoms with van der Waals surface area (Å²) in [5.74, 6) is -0.417. The highest BCUT2D eigenvalue weighted by molar-refractivity contribution is 7.91. The van der Waals surface area contributed by atoms with Crippen LogP contribution in [0.15, 0.2) is 40.6 Å². The van der Waals surface area contributed by atoms with E-state index in [2.05, 4.69) is 0 Å². The first-order valence-corrected chi connectivity index (χ1v) is 8.13. The quantitative estimate of drug-likeness (QED) is 0.883. The molecule has 1 atom stereocenters. The summed E-state index contributed by atoms with van der Waals surface area (Å²) in [6.07, 6.45) is 0. The number of benzene rings is 1. The summed E-state index contributed by atoms with van der Waals surface area (Å²) < 4.78 is 38.3. The first-order valence-electron chi connectivity index (χ1n) is 5.70. The summed E-state index contributed by atoms with van der Waals surface area (Å²) in [4.78, 5) is 0.805. The zero-order valence-corrected chi connectivity index (χ0v) is 12.0. The largest absolute Gasteiger partial charge is 0.329 e. The summed E-state index contributed by atoms with van der Waals surface area (Å²) >= 11 is 1.35. The molecule has 1 heterocycles. The van der Waals surface area contributed by atoms with Gasteiger partial charge in [-0.25, -0.2) is 12.8 Å². The van der Waals surface area contributed by atoms with E-state index in [1.54, 1.807) is 12.1 Å². The molecule has 0 aliphatic carbocycles. The molecule has 0 spiro atoms. The third kappa shape index (κ3) is 2.70. The zero-order valence-electron chi connectivity index (χ0n) is 10.3. The minimum atomic E-state index is -3.59. The Morgan fingerprint density at radius 2 is 2.11 bits per heavy atom. The molecule has 0 saturated carbocycles. The Bertz CT molecular complexity index is 666. The Kier molecular flexibility index (Phi) is 4.03. The van der Waals surface area contributed by atoms with Crippen LogP contribution < -0.4 is 5.73 Å². The van der Waals surface area contributed by atoms with E-state index >= 15 is 0 Å². The Morgan fingerprint density at radius 1 is 1.37 bits per heavy atom. The van der Waals surface area contributed by atoms with Crippen LogP contribution in [0.1, 0.15) is 15.7 Å². The minimum absolute atomic E-state index is 0.000723. The minimum Gasteiger partial charge on any atom is -0.329 e. The first-order chi connectivity index (χ1) is 8.96. The van der Waals surface area contributed by atoms with Crippen molar-refractivity contribution in [2.45, 2.75) is 17.1 Å². The standard InChI is InChI=1S/C13H14FNO2S2/c1-9-7-10(4-5-11(9)14)19(16,17)13(8-15)12-3-2-6-18-12/h2-7,13H,8,15H2,1H3. The van der Waals surface area contributed by atoms with Gasteiger partial charge in [0.25, 0.3) is 0 Å². The molecule has 6 heteroatoms. The van der Waals surface area contributed by atoms with Gasteiger partial charge in [0, 0.05) is 11.4 Å². The van der Waals surface area contributed by atoms with Crippen LogP contribution in [0.25, 0.3) is 0 Å². The van der Waals surface area contributed by atoms with Gasteiger partial charge < -0.3 is 5.73 Å². The molecule has 0 bridgehead atoms. The van der Waals surface area contributed by atoms with Gasteiger partial charge in [-0.2, -0.15) is 0 Å². The summed E-state index contributed by atoms with van der Waals surface area (Å²) in [6, 6.07) is 7.34. The molecule has 0 amide bonds. The molecule has 1 unspecified atom stereocenters. The molecule has 3 nitrogen and oxygen atoms in total. The zero-order chi connectivity index (χ0) is 14.0. The number of halogens is 1. The van der Waals surface area contributed by atoms with Crippen LogP contribution in [0, 0.1) is 12.7 Å². The molecular formula is C13H14FNO2S2. The number of hydrogen-bond donors (Lipinski definition) is 1. The molecular weight excluding hydrogens is 285 g/mol. The van der Waals surface area contributed by atoms with Crippen molar-refractivity contribution >= 4 is 21.2 Å². The van der Waals surface area contributed by atoms with E-state index in [1.165, 1.54) is 36.5 Å². The molecule has 102 valence electrons. The SMILES string of the molecule is Cc1cc(S(=O)(=O)C(CN)c2cccs2)ccc1F. The molecule has 2 aromatic rings. The maximum absolute atomic E-state index is 13.2. The van der Waals surface area contributed by atoms with Gasteiger partial charge in [0.15, 0.2) is 9.84 Å². The van der Waals surface area contributed by atoms with Gasteiger partial charge in [0.1, 0.15) is 11.1 Å². The second-order valence-corrected chi connectivity index (χ2v) is 7.31. The van der Waals surface area contributed by atoms with Crippen molar-refractivity contribution in [3.05, 3.63) is 52.0 Å². The van der Waals surface area contributed by atoms with Gasteiger partial charge in [-0.3, -0.25) is 0 Å². The fourth-order valence-corrected chi connectivity index (χ4v) is 4.66. The second kappa shape index (κ2) is 5.40. The fraction of sp³-hybridized carbons (Fsp3) is 0.231. The molecule has 0 aliphatic heterocycles. The van der Waals surface area contributed by atoms with Gasteiger partial charge in [0.2, 0.25) is 0 Å². The maximum Gasteiger partial charge on any atom is 0.187 e. The lowest BCUT2D eigenvalue weighted by Gasteiger charge is -2.15. The van der Waals surface area contributed by atoms with Crippen molar-refractivity contribution in [2.75, 3.05) is 6.54 Å². The Balaban J connectivity index is 2.49. The highest BCUT2D eigenvalue weighted by Crippen LogP contribution is 2.31. The van der Waals surface area contributed by atoms with Crippen LogP contribution in [0.5, 0.6) is 0 Å². The van der Waals surface area contributed by atoms with E-state index in [4.69, 9.17) is 5.73 Å². The predicted octanol–water partition coefficient (Wildman–Crippen LogP) is 2.67. The summed E-state index contributed by atoms with van der Waals surface area (Å²) in [5.41, 5.74) is 5.92. The van der Waals surface area contributed by atoms with E-state index in [9.17, 15) is 12.8 Å². The topological polar surface area (TPSA) is 60.2 Å². The number of sulfone groups is 1. The molecule has 2 N–H and O–H groups in total. The monoisotopic (exact) mass is 299 g/mol. The van der Waals surface area contributed by atoms with Gasteiger partial charge in [-0.1, -0.05) is 6.07 Å². The van der Waals surface area contributed by atoms with Crippen molar-refractivity contribution < 1.29 is 12.8 Å². The van der Waals surface area contributed by atoms with Gasteiger partial charge in [-0.05, 0) is 42.1 Å². The molecule has 0 aliphatic rings. The molecule has 1 aromatic heterocycles. The normalized spacial score (nSPS) is 13.4. The molecule has 0 radical (unpaired) electrons. The van der Waals surface area contributed by atoms with Gasteiger partial charge >= 0.3 is 0 Å². The second-order valence-electron chi connectivity index (χ2n) is 4.20. The van der Waals surface area contributed by atoms with E-state index in [0.29, 0.717) is 10.4 Å². The van der Waals surface area contributed by atoms with E-state index < -0.39 is 20.9 Å². The third-order valence-corrected chi connectivity index (χ3v) is 6.15. The Hall–Kier alpha value is -1.24. The third-order valence-electron chi connectivity index (χ3n) is 2.91. The average molecular weight is 299 g/mol. The lowest BCUT2D eigenvalue weighted by atomic mass is 10.2. The van der Waals surface area contributed by atoms with Crippen LogP contribution in [0.4, 0.5) is 4.39 Å². The van der Waals surface area contributed by atoms with Gasteiger partial charge in [0.05, 0.1) is 4.90 Å². The lowest BCUT2D eigenvalue weighted by Crippen LogP contribution is -2.21. The van der Waals surface area contributed by atoms with Crippen LogP contribution in [-0.4, -0.2) is 15.0 Å². The van der Waals surface area contributed by atoms with Crippen LogP contribution in [0.2, 0.25) is 0 Å². The lowest BCUT2D eigenvalue weighted by molar-refractivity contribution is 0.582. The molecule has 0 saturated heterocycles. The van der Waals surface area contributed by atoms with Crippen molar-refractivity contribution in [3.8, 4) is 0 Å². The number of nitrogens with two attached hydrogens (primary N) is 1. The van der Waals surface area contributed by atoms with Crippen molar-refractivity contribution in [1.29, 1.82) is 0 Å². The van der Waals surface area contributed by atoms with Crippen LogP contribution in [-0.2, 0) is 9.84 Å². The number of rotatable bonds is 4. The number of thiophene rings is 1.